The van der Waals surface area contributed by atoms with Gasteiger partial charge in [0.15, 0.2) is 0 Å². The van der Waals surface area contributed by atoms with Crippen LogP contribution in [0, 0.1) is 0 Å². The monoisotopic (exact) mass is 359 g/mol. The fourth-order valence-electron chi connectivity index (χ4n) is 1.95. The van der Waals surface area contributed by atoms with Gasteiger partial charge in [-0.3, -0.25) is 0 Å². The average molecular weight is 360 g/mol. The molecule has 0 aliphatic heterocycles. The molecule has 2 nitrogen and oxygen atoms in total. The molecule has 4 heteroatoms. The van der Waals surface area contributed by atoms with E-state index in [2.05, 4.69) is 54.2 Å². The van der Waals surface area contributed by atoms with Gasteiger partial charge in [-0.2, -0.15) is 11.8 Å². The molecule has 0 aliphatic carbocycles. The predicted octanol–water partition coefficient (Wildman–Crippen LogP) is 5.03. The number of ether oxygens (including phenoxy) is 1. The van der Waals surface area contributed by atoms with E-state index in [-0.39, 0.29) is 0 Å². The van der Waals surface area contributed by atoms with Crippen molar-refractivity contribution in [3.05, 3.63) is 28.2 Å². The van der Waals surface area contributed by atoms with Crippen LogP contribution >= 0.6 is 27.7 Å². The van der Waals surface area contributed by atoms with E-state index in [4.69, 9.17) is 4.74 Å². The summed E-state index contributed by atoms with van der Waals surface area (Å²) in [5.41, 5.74) is 1.23. The molecule has 0 radical (unpaired) electrons. The first-order valence-corrected chi connectivity index (χ1v) is 9.37. The van der Waals surface area contributed by atoms with Gasteiger partial charge in [-0.1, -0.05) is 29.8 Å². The number of hydrogen-bond donors (Lipinski definition) is 1. The molecule has 0 amide bonds. The molecule has 0 aromatic heterocycles. The summed E-state index contributed by atoms with van der Waals surface area (Å²) in [6, 6.07) is 6.58. The van der Waals surface area contributed by atoms with Gasteiger partial charge in [0.25, 0.3) is 0 Å². The third-order valence-corrected chi connectivity index (χ3v) is 4.51. The van der Waals surface area contributed by atoms with Crippen LogP contribution in [0.1, 0.15) is 45.2 Å². The molecule has 1 atom stereocenters. The lowest BCUT2D eigenvalue weighted by Crippen LogP contribution is -2.20. The maximum absolute atomic E-state index is 5.97. The highest BCUT2D eigenvalue weighted by Gasteiger charge is 2.11. The Morgan fingerprint density at radius 1 is 1.35 bits per heavy atom. The van der Waals surface area contributed by atoms with Gasteiger partial charge in [0, 0.05) is 16.1 Å². The third kappa shape index (κ3) is 6.51. The van der Waals surface area contributed by atoms with Gasteiger partial charge in [-0.25, -0.2) is 0 Å². The molecule has 0 aliphatic rings. The number of rotatable bonds is 10. The van der Waals surface area contributed by atoms with Crippen molar-refractivity contribution in [2.45, 2.75) is 39.7 Å². The number of benzene rings is 1. The Hall–Kier alpha value is -0.190. The van der Waals surface area contributed by atoms with Crippen molar-refractivity contribution < 1.29 is 4.74 Å². The minimum Gasteiger partial charge on any atom is -0.493 e. The molecule has 0 spiro atoms. The van der Waals surface area contributed by atoms with E-state index < -0.39 is 0 Å². The molecule has 0 bridgehead atoms. The summed E-state index contributed by atoms with van der Waals surface area (Å²) in [5.74, 6) is 3.36. The van der Waals surface area contributed by atoms with Crippen molar-refractivity contribution in [1.29, 1.82) is 0 Å². The van der Waals surface area contributed by atoms with E-state index in [1.165, 1.54) is 17.1 Å². The van der Waals surface area contributed by atoms with Crippen LogP contribution in [0.15, 0.2) is 22.7 Å². The molecule has 20 heavy (non-hydrogen) atoms. The molecule has 0 fully saturated rings. The van der Waals surface area contributed by atoms with Gasteiger partial charge in [0.05, 0.1) is 6.61 Å². The van der Waals surface area contributed by atoms with Crippen molar-refractivity contribution in [2.24, 2.45) is 0 Å². The smallest absolute Gasteiger partial charge is 0.124 e. The van der Waals surface area contributed by atoms with Gasteiger partial charge in [-0.05, 0) is 56.0 Å². The predicted molar refractivity (Wildman–Crippen MR) is 94.0 cm³/mol. The zero-order chi connectivity index (χ0) is 14.8. The van der Waals surface area contributed by atoms with E-state index in [1.807, 2.05) is 17.8 Å². The minimum atomic E-state index is 0.312. The third-order valence-electron chi connectivity index (χ3n) is 3.03. The van der Waals surface area contributed by atoms with Crippen molar-refractivity contribution in [2.75, 3.05) is 24.7 Å². The lowest BCUT2D eigenvalue weighted by Gasteiger charge is -2.18. The first kappa shape index (κ1) is 17.9. The van der Waals surface area contributed by atoms with Crippen LogP contribution in [-0.2, 0) is 0 Å². The zero-order valence-corrected chi connectivity index (χ0v) is 15.1. The van der Waals surface area contributed by atoms with E-state index in [9.17, 15) is 0 Å². The molecule has 0 saturated heterocycles. The summed E-state index contributed by atoms with van der Waals surface area (Å²) >= 11 is 5.52. The number of thioether (sulfide) groups is 1. The Labute approximate surface area is 136 Å². The largest absolute Gasteiger partial charge is 0.493 e. The van der Waals surface area contributed by atoms with Gasteiger partial charge in [0.1, 0.15) is 5.75 Å². The Bertz CT molecular complexity index is 387. The van der Waals surface area contributed by atoms with Crippen LogP contribution < -0.4 is 10.1 Å². The Balaban J connectivity index is 2.59. The standard InChI is InChI=1S/C16H26BrNOS/c1-4-9-18-13(3)15-12-14(17)7-8-16(15)19-10-6-11-20-5-2/h7-8,12-13,18H,4-6,9-11H2,1-3H3. The molecule has 1 aromatic carbocycles. The van der Waals surface area contributed by atoms with Crippen LogP contribution in [0.5, 0.6) is 5.75 Å². The van der Waals surface area contributed by atoms with Crippen LogP contribution in [0.2, 0.25) is 0 Å². The molecule has 1 aromatic rings. The molecule has 114 valence electrons. The second kappa shape index (κ2) is 10.5. The number of halogens is 1. The van der Waals surface area contributed by atoms with Gasteiger partial charge in [0.2, 0.25) is 0 Å². The number of hydrogen-bond acceptors (Lipinski definition) is 3. The SMILES string of the molecule is CCCNC(C)c1cc(Br)ccc1OCCCSCC. The van der Waals surface area contributed by atoms with Crippen molar-refractivity contribution in [1.82, 2.24) is 5.32 Å². The van der Waals surface area contributed by atoms with E-state index >= 15 is 0 Å². The Morgan fingerprint density at radius 2 is 2.15 bits per heavy atom. The lowest BCUT2D eigenvalue weighted by molar-refractivity contribution is 0.312. The van der Waals surface area contributed by atoms with Gasteiger partial charge < -0.3 is 10.1 Å². The summed E-state index contributed by atoms with van der Waals surface area (Å²) in [7, 11) is 0. The summed E-state index contributed by atoms with van der Waals surface area (Å²) in [4.78, 5) is 0. The van der Waals surface area contributed by atoms with Gasteiger partial charge >= 0.3 is 0 Å². The maximum Gasteiger partial charge on any atom is 0.124 e. The van der Waals surface area contributed by atoms with Crippen LogP contribution in [0.4, 0.5) is 0 Å². The van der Waals surface area contributed by atoms with Crippen LogP contribution in [0.25, 0.3) is 0 Å². The molecule has 0 saturated carbocycles. The quantitative estimate of drug-likeness (QED) is 0.591. The van der Waals surface area contributed by atoms with Crippen LogP contribution in [0.3, 0.4) is 0 Å². The van der Waals surface area contributed by atoms with Crippen molar-refractivity contribution in [3.63, 3.8) is 0 Å². The normalized spacial score (nSPS) is 12.4. The highest BCUT2D eigenvalue weighted by atomic mass is 79.9. The summed E-state index contributed by atoms with van der Waals surface area (Å²) < 4.78 is 7.07. The molecular formula is C16H26BrNOS. The molecule has 1 rings (SSSR count). The van der Waals surface area contributed by atoms with E-state index in [0.29, 0.717) is 6.04 Å². The first-order chi connectivity index (χ1) is 9.69. The second-order valence-electron chi connectivity index (χ2n) is 4.76. The van der Waals surface area contributed by atoms with Crippen LogP contribution in [-0.4, -0.2) is 24.7 Å². The zero-order valence-electron chi connectivity index (χ0n) is 12.7. The highest BCUT2D eigenvalue weighted by molar-refractivity contribution is 9.10. The fourth-order valence-corrected chi connectivity index (χ4v) is 2.94. The molecule has 1 N–H and O–H groups in total. The highest BCUT2D eigenvalue weighted by Crippen LogP contribution is 2.28. The average Bonchev–Trinajstić information content (AvgIpc) is 2.45. The molecular weight excluding hydrogens is 334 g/mol. The lowest BCUT2D eigenvalue weighted by atomic mass is 10.1. The summed E-state index contributed by atoms with van der Waals surface area (Å²) in [6.45, 7) is 8.39. The Kier molecular flexibility index (Phi) is 9.40. The molecule has 1 unspecified atom stereocenters. The van der Waals surface area contributed by atoms with Crippen molar-refractivity contribution in [3.8, 4) is 5.75 Å². The first-order valence-electron chi connectivity index (χ1n) is 7.42. The molecule has 0 heterocycles. The van der Waals surface area contributed by atoms with Gasteiger partial charge in [-0.15, -0.1) is 0 Å². The Morgan fingerprint density at radius 3 is 2.85 bits per heavy atom. The minimum absolute atomic E-state index is 0.312. The van der Waals surface area contributed by atoms with Crippen molar-refractivity contribution >= 4 is 27.7 Å². The van der Waals surface area contributed by atoms with E-state index in [0.717, 1.165) is 36.2 Å². The topological polar surface area (TPSA) is 21.3 Å². The number of nitrogens with one attached hydrogen (secondary N) is 1. The van der Waals surface area contributed by atoms with E-state index in [1.54, 1.807) is 0 Å². The summed E-state index contributed by atoms with van der Waals surface area (Å²) in [5, 5.41) is 3.52. The maximum atomic E-state index is 5.97. The second-order valence-corrected chi connectivity index (χ2v) is 7.07. The summed E-state index contributed by atoms with van der Waals surface area (Å²) in [6.07, 6.45) is 2.24. The fraction of sp³-hybridized carbons (Fsp3) is 0.625.